The molecule has 0 amide bonds. The van der Waals surface area contributed by atoms with E-state index in [1.807, 2.05) is 39.0 Å². The zero-order chi connectivity index (χ0) is 14.9. The molecular formula is C16H22O3S. The highest BCUT2D eigenvalue weighted by Gasteiger charge is 2.35. The number of aryl methyl sites for hydroxylation is 2. The van der Waals surface area contributed by atoms with Crippen LogP contribution >= 0.6 is 0 Å². The standard InChI is InChI=1S/C16H22O3S/c1-10-5-6-11(2)14(9-10)16(17)13(4)20(18)15-7-8-19-12(15)3/h5-6,9,12-13,15H,7-8H2,1-4H3. The van der Waals surface area contributed by atoms with Crippen molar-refractivity contribution in [2.24, 2.45) is 0 Å². The van der Waals surface area contributed by atoms with Gasteiger partial charge in [-0.1, -0.05) is 17.7 Å². The molecule has 0 spiro atoms. The van der Waals surface area contributed by atoms with Gasteiger partial charge in [-0.15, -0.1) is 0 Å². The van der Waals surface area contributed by atoms with Gasteiger partial charge in [-0.25, -0.2) is 0 Å². The smallest absolute Gasteiger partial charge is 0.178 e. The van der Waals surface area contributed by atoms with Crippen LogP contribution in [0.4, 0.5) is 0 Å². The maximum Gasteiger partial charge on any atom is 0.178 e. The minimum Gasteiger partial charge on any atom is -0.377 e. The second-order valence-corrected chi connectivity index (χ2v) is 7.53. The van der Waals surface area contributed by atoms with Crippen LogP contribution in [0.5, 0.6) is 0 Å². The lowest BCUT2D eigenvalue weighted by Gasteiger charge is -2.19. The normalized spacial score (nSPS) is 25.4. The van der Waals surface area contributed by atoms with Gasteiger partial charge in [0, 0.05) is 23.0 Å². The van der Waals surface area contributed by atoms with Crippen LogP contribution in [0, 0.1) is 13.8 Å². The topological polar surface area (TPSA) is 43.4 Å². The molecule has 20 heavy (non-hydrogen) atoms. The summed E-state index contributed by atoms with van der Waals surface area (Å²) >= 11 is 0. The van der Waals surface area contributed by atoms with Crippen molar-refractivity contribution in [3.05, 3.63) is 34.9 Å². The molecule has 0 bridgehead atoms. The van der Waals surface area contributed by atoms with Crippen LogP contribution in [0.25, 0.3) is 0 Å². The molecule has 1 aliphatic heterocycles. The molecule has 1 aromatic rings. The van der Waals surface area contributed by atoms with E-state index in [9.17, 15) is 9.00 Å². The average Bonchev–Trinajstić information content (AvgIpc) is 2.85. The first-order valence-corrected chi connectivity index (χ1v) is 8.32. The first-order valence-electron chi connectivity index (χ1n) is 7.04. The van der Waals surface area contributed by atoms with Gasteiger partial charge in [0.05, 0.1) is 16.6 Å². The van der Waals surface area contributed by atoms with Gasteiger partial charge in [0.2, 0.25) is 0 Å². The maximum absolute atomic E-state index is 12.6. The molecule has 1 aliphatic rings. The summed E-state index contributed by atoms with van der Waals surface area (Å²) in [6.45, 7) is 8.23. The zero-order valence-electron chi connectivity index (χ0n) is 12.5. The Hall–Kier alpha value is -1.00. The number of benzene rings is 1. The zero-order valence-corrected chi connectivity index (χ0v) is 13.3. The van der Waals surface area contributed by atoms with Crippen molar-refractivity contribution in [3.8, 4) is 0 Å². The Morgan fingerprint density at radius 1 is 1.40 bits per heavy atom. The molecule has 1 fully saturated rings. The summed E-state index contributed by atoms with van der Waals surface area (Å²) in [6.07, 6.45) is 0.753. The second kappa shape index (κ2) is 6.19. The number of carbonyl (C=O) groups is 1. The molecule has 1 saturated heterocycles. The average molecular weight is 294 g/mol. The molecule has 1 heterocycles. The summed E-state index contributed by atoms with van der Waals surface area (Å²) in [6, 6.07) is 5.82. The molecule has 3 nitrogen and oxygen atoms in total. The number of hydrogen-bond acceptors (Lipinski definition) is 3. The number of hydrogen-bond donors (Lipinski definition) is 0. The molecule has 2 rings (SSSR count). The predicted molar refractivity (Wildman–Crippen MR) is 81.7 cm³/mol. The third-order valence-electron chi connectivity index (χ3n) is 3.98. The van der Waals surface area contributed by atoms with Crippen molar-refractivity contribution in [3.63, 3.8) is 0 Å². The van der Waals surface area contributed by atoms with E-state index in [-0.39, 0.29) is 17.1 Å². The number of ketones is 1. The van der Waals surface area contributed by atoms with Gasteiger partial charge >= 0.3 is 0 Å². The van der Waals surface area contributed by atoms with Gasteiger partial charge < -0.3 is 4.74 Å². The van der Waals surface area contributed by atoms with E-state index >= 15 is 0 Å². The molecule has 0 N–H and O–H groups in total. The molecule has 0 saturated carbocycles. The van der Waals surface area contributed by atoms with E-state index in [4.69, 9.17) is 4.74 Å². The van der Waals surface area contributed by atoms with Crippen LogP contribution < -0.4 is 0 Å². The molecule has 4 unspecified atom stereocenters. The molecular weight excluding hydrogens is 272 g/mol. The Bertz CT molecular complexity index is 539. The monoisotopic (exact) mass is 294 g/mol. The van der Waals surface area contributed by atoms with Crippen LogP contribution in [-0.4, -0.2) is 33.2 Å². The third kappa shape index (κ3) is 3.01. The summed E-state index contributed by atoms with van der Waals surface area (Å²) in [7, 11) is -1.19. The van der Waals surface area contributed by atoms with Crippen molar-refractivity contribution >= 4 is 16.6 Å². The largest absolute Gasteiger partial charge is 0.377 e. The Morgan fingerprint density at radius 2 is 2.10 bits per heavy atom. The molecule has 0 radical (unpaired) electrons. The van der Waals surface area contributed by atoms with Crippen molar-refractivity contribution in [1.82, 2.24) is 0 Å². The summed E-state index contributed by atoms with van der Waals surface area (Å²) in [5.41, 5.74) is 2.69. The summed E-state index contributed by atoms with van der Waals surface area (Å²) < 4.78 is 18.0. The number of Topliss-reactive ketones (excluding diaryl/α,β-unsaturated/α-hetero) is 1. The fourth-order valence-corrected chi connectivity index (χ4v) is 4.25. The van der Waals surface area contributed by atoms with Crippen LogP contribution in [-0.2, 0) is 15.5 Å². The lowest BCUT2D eigenvalue weighted by atomic mass is 10.0. The van der Waals surface area contributed by atoms with Gasteiger partial charge in [0.25, 0.3) is 0 Å². The molecule has 4 heteroatoms. The highest BCUT2D eigenvalue weighted by Crippen LogP contribution is 2.23. The van der Waals surface area contributed by atoms with E-state index in [1.54, 1.807) is 6.92 Å². The van der Waals surface area contributed by atoms with Gasteiger partial charge in [0.15, 0.2) is 5.78 Å². The van der Waals surface area contributed by atoms with E-state index in [1.165, 1.54) is 0 Å². The molecule has 1 aromatic carbocycles. The van der Waals surface area contributed by atoms with E-state index in [0.717, 1.165) is 17.5 Å². The molecule has 110 valence electrons. The minimum atomic E-state index is -1.19. The fraction of sp³-hybridized carbons (Fsp3) is 0.562. The van der Waals surface area contributed by atoms with E-state index < -0.39 is 16.0 Å². The quantitative estimate of drug-likeness (QED) is 0.802. The minimum absolute atomic E-state index is 0.0234. The van der Waals surface area contributed by atoms with Crippen molar-refractivity contribution in [1.29, 1.82) is 0 Å². The second-order valence-electron chi connectivity index (χ2n) is 5.56. The number of rotatable bonds is 4. The van der Waals surface area contributed by atoms with Gasteiger partial charge in [-0.3, -0.25) is 9.00 Å². The van der Waals surface area contributed by atoms with Gasteiger partial charge in [0.1, 0.15) is 0 Å². The molecule has 0 aliphatic carbocycles. The van der Waals surface area contributed by atoms with Crippen LogP contribution in [0.3, 0.4) is 0 Å². The van der Waals surface area contributed by atoms with Crippen molar-refractivity contribution < 1.29 is 13.7 Å². The van der Waals surface area contributed by atoms with Crippen LogP contribution in [0.15, 0.2) is 18.2 Å². The first kappa shape index (κ1) is 15.4. The SMILES string of the molecule is Cc1ccc(C)c(C(=O)C(C)S(=O)C2CCOC2C)c1. The maximum atomic E-state index is 12.6. The number of ether oxygens (including phenoxy) is 1. The number of carbonyl (C=O) groups excluding carboxylic acids is 1. The summed E-state index contributed by atoms with van der Waals surface area (Å²) in [4.78, 5) is 12.6. The Balaban J connectivity index is 2.20. The fourth-order valence-electron chi connectivity index (χ4n) is 2.61. The lowest BCUT2D eigenvalue weighted by molar-refractivity contribution is 0.0991. The van der Waals surface area contributed by atoms with Gasteiger partial charge in [-0.2, -0.15) is 0 Å². The first-order chi connectivity index (χ1) is 9.41. The van der Waals surface area contributed by atoms with Crippen LogP contribution in [0.1, 0.15) is 41.8 Å². The highest BCUT2D eigenvalue weighted by atomic mass is 32.2. The van der Waals surface area contributed by atoms with E-state index in [2.05, 4.69) is 0 Å². The molecule has 0 aromatic heterocycles. The summed E-state index contributed by atoms with van der Waals surface area (Å²) in [5, 5.41) is -0.510. The lowest BCUT2D eigenvalue weighted by Crippen LogP contribution is -2.34. The Labute approximate surface area is 123 Å². The van der Waals surface area contributed by atoms with Gasteiger partial charge in [-0.05, 0) is 45.7 Å². The predicted octanol–water partition coefficient (Wildman–Crippen LogP) is 2.80. The third-order valence-corrected chi connectivity index (χ3v) is 6.11. The molecule has 4 atom stereocenters. The highest BCUT2D eigenvalue weighted by molar-refractivity contribution is 7.87. The van der Waals surface area contributed by atoms with Crippen molar-refractivity contribution in [2.45, 2.75) is 50.7 Å². The summed E-state index contributed by atoms with van der Waals surface area (Å²) in [5.74, 6) is -0.0244. The van der Waals surface area contributed by atoms with E-state index in [0.29, 0.717) is 12.2 Å². The van der Waals surface area contributed by atoms with Crippen molar-refractivity contribution in [2.75, 3.05) is 6.61 Å². The van der Waals surface area contributed by atoms with Crippen LogP contribution in [0.2, 0.25) is 0 Å². The Morgan fingerprint density at radius 3 is 2.70 bits per heavy atom. The Kier molecular flexibility index (Phi) is 4.76.